The van der Waals surface area contributed by atoms with Gasteiger partial charge in [-0.05, 0) is 12.0 Å². The molecule has 0 aliphatic rings. The third-order valence-corrected chi connectivity index (χ3v) is 1.84. The molecule has 0 aliphatic carbocycles. The molecule has 0 bridgehead atoms. The molecule has 0 aliphatic heterocycles. The van der Waals surface area contributed by atoms with Gasteiger partial charge in [0.15, 0.2) is 0 Å². The molecule has 0 aromatic carbocycles. The fourth-order valence-electron chi connectivity index (χ4n) is 1.13. The van der Waals surface area contributed by atoms with Gasteiger partial charge in [-0.25, -0.2) is 0 Å². The first-order valence-electron chi connectivity index (χ1n) is 4.18. The minimum atomic E-state index is -0.0811. The van der Waals surface area contributed by atoms with Crippen molar-refractivity contribution in [3.63, 3.8) is 0 Å². The van der Waals surface area contributed by atoms with E-state index in [1.54, 1.807) is 12.3 Å². The lowest BCUT2D eigenvalue weighted by atomic mass is 10.1. The smallest absolute Gasteiger partial charge is 0.247 e. The molecule has 3 nitrogen and oxygen atoms in total. The van der Waals surface area contributed by atoms with Crippen LogP contribution < -0.4 is 11.3 Å². The lowest BCUT2D eigenvalue weighted by Gasteiger charge is -2.08. The van der Waals surface area contributed by atoms with Gasteiger partial charge in [-0.1, -0.05) is 19.4 Å². The lowest BCUT2D eigenvalue weighted by Crippen LogP contribution is -2.12. The summed E-state index contributed by atoms with van der Waals surface area (Å²) < 4.78 is 0. The number of pyridine rings is 1. The molecule has 1 heterocycles. The molecule has 1 aromatic rings. The van der Waals surface area contributed by atoms with Crippen LogP contribution in [0.5, 0.6) is 0 Å². The largest absolute Gasteiger partial charge is 0.329 e. The van der Waals surface area contributed by atoms with Gasteiger partial charge in [0.25, 0.3) is 0 Å². The zero-order valence-corrected chi connectivity index (χ0v) is 7.21. The predicted molar refractivity (Wildman–Crippen MR) is 48.9 cm³/mol. The topological polar surface area (TPSA) is 58.9 Å². The van der Waals surface area contributed by atoms with Gasteiger partial charge in [-0.3, -0.25) is 4.79 Å². The second-order valence-corrected chi connectivity index (χ2v) is 2.88. The summed E-state index contributed by atoms with van der Waals surface area (Å²) in [5.74, 6) is 0. The maximum Gasteiger partial charge on any atom is 0.247 e. The average molecular weight is 166 g/mol. The van der Waals surface area contributed by atoms with Gasteiger partial charge in [0, 0.05) is 18.3 Å². The predicted octanol–water partition coefficient (Wildman–Crippen LogP) is 1.17. The summed E-state index contributed by atoms with van der Waals surface area (Å²) in [7, 11) is 0. The minimum absolute atomic E-state index is 0.0480. The van der Waals surface area contributed by atoms with Crippen LogP contribution in [0.25, 0.3) is 0 Å². The van der Waals surface area contributed by atoms with Crippen molar-refractivity contribution in [2.45, 2.75) is 25.8 Å². The zero-order chi connectivity index (χ0) is 8.97. The van der Waals surface area contributed by atoms with Crippen molar-refractivity contribution < 1.29 is 0 Å². The maximum absolute atomic E-state index is 10.7. The molecule has 0 saturated carbocycles. The van der Waals surface area contributed by atoms with Crippen molar-refractivity contribution >= 4 is 0 Å². The second-order valence-electron chi connectivity index (χ2n) is 2.88. The van der Waals surface area contributed by atoms with Crippen molar-refractivity contribution in [3.05, 3.63) is 34.2 Å². The molecule has 3 heteroatoms. The molecular formula is C9H14N2O. The molecule has 0 radical (unpaired) electrons. The van der Waals surface area contributed by atoms with E-state index in [9.17, 15) is 4.79 Å². The van der Waals surface area contributed by atoms with Crippen molar-refractivity contribution in [2.24, 2.45) is 5.73 Å². The van der Waals surface area contributed by atoms with Crippen LogP contribution in [0.3, 0.4) is 0 Å². The molecule has 1 aromatic heterocycles. The summed E-state index contributed by atoms with van der Waals surface area (Å²) in [6.07, 6.45) is 3.69. The SMILES string of the molecule is CCC[C@H](N)c1ccc(=O)[nH]c1. The van der Waals surface area contributed by atoms with E-state index in [-0.39, 0.29) is 11.6 Å². The fraction of sp³-hybridized carbons (Fsp3) is 0.444. The van der Waals surface area contributed by atoms with Crippen LogP contribution in [0.4, 0.5) is 0 Å². The van der Waals surface area contributed by atoms with Crippen LogP contribution >= 0.6 is 0 Å². The minimum Gasteiger partial charge on any atom is -0.329 e. The van der Waals surface area contributed by atoms with E-state index in [4.69, 9.17) is 5.73 Å². The molecule has 66 valence electrons. The van der Waals surface area contributed by atoms with Crippen LogP contribution in [-0.2, 0) is 0 Å². The number of nitrogens with one attached hydrogen (secondary N) is 1. The monoisotopic (exact) mass is 166 g/mol. The second kappa shape index (κ2) is 4.07. The summed E-state index contributed by atoms with van der Waals surface area (Å²) in [6, 6.07) is 3.33. The van der Waals surface area contributed by atoms with E-state index in [0.29, 0.717) is 0 Å². The van der Waals surface area contributed by atoms with Crippen LogP contribution in [0.2, 0.25) is 0 Å². The van der Waals surface area contributed by atoms with Gasteiger partial charge < -0.3 is 10.7 Å². The van der Waals surface area contributed by atoms with Gasteiger partial charge in [-0.15, -0.1) is 0 Å². The molecule has 1 rings (SSSR count). The highest BCUT2D eigenvalue weighted by Gasteiger charge is 2.02. The summed E-state index contributed by atoms with van der Waals surface area (Å²) >= 11 is 0. The van der Waals surface area contributed by atoms with E-state index in [1.165, 1.54) is 6.07 Å². The third kappa shape index (κ3) is 2.20. The Morgan fingerprint density at radius 3 is 2.83 bits per heavy atom. The Balaban J connectivity index is 2.75. The maximum atomic E-state index is 10.7. The van der Waals surface area contributed by atoms with Crippen molar-refractivity contribution in [2.75, 3.05) is 0 Å². The van der Waals surface area contributed by atoms with Gasteiger partial charge in [-0.2, -0.15) is 0 Å². The highest BCUT2D eigenvalue weighted by molar-refractivity contribution is 5.12. The summed E-state index contributed by atoms with van der Waals surface area (Å²) in [5, 5.41) is 0. The van der Waals surface area contributed by atoms with E-state index < -0.39 is 0 Å². The highest BCUT2D eigenvalue weighted by Crippen LogP contribution is 2.12. The number of aromatic nitrogens is 1. The van der Waals surface area contributed by atoms with E-state index in [2.05, 4.69) is 11.9 Å². The van der Waals surface area contributed by atoms with Crippen LogP contribution in [-0.4, -0.2) is 4.98 Å². The lowest BCUT2D eigenvalue weighted by molar-refractivity contribution is 0.636. The fourth-order valence-corrected chi connectivity index (χ4v) is 1.13. The Kier molecular flexibility index (Phi) is 3.05. The zero-order valence-electron chi connectivity index (χ0n) is 7.21. The quantitative estimate of drug-likeness (QED) is 0.708. The highest BCUT2D eigenvalue weighted by atomic mass is 16.1. The summed E-state index contributed by atoms with van der Waals surface area (Å²) in [6.45, 7) is 2.09. The molecule has 1 atom stereocenters. The Morgan fingerprint density at radius 1 is 1.58 bits per heavy atom. The summed E-state index contributed by atoms with van der Waals surface area (Å²) in [5.41, 5.74) is 6.75. The molecule has 0 unspecified atom stereocenters. The number of hydrogen-bond donors (Lipinski definition) is 2. The first kappa shape index (κ1) is 9.00. The normalized spacial score (nSPS) is 12.8. The van der Waals surface area contributed by atoms with Crippen molar-refractivity contribution in [1.29, 1.82) is 0 Å². The Labute approximate surface area is 71.6 Å². The average Bonchev–Trinajstić information content (AvgIpc) is 2.06. The van der Waals surface area contributed by atoms with Gasteiger partial charge in [0.05, 0.1) is 0 Å². The Hall–Kier alpha value is -1.09. The molecule has 0 saturated heterocycles. The number of aromatic amines is 1. The number of nitrogens with two attached hydrogens (primary N) is 1. The van der Waals surface area contributed by atoms with Crippen LogP contribution in [0.15, 0.2) is 23.1 Å². The molecule has 0 spiro atoms. The Morgan fingerprint density at radius 2 is 2.33 bits per heavy atom. The number of hydrogen-bond acceptors (Lipinski definition) is 2. The van der Waals surface area contributed by atoms with Crippen molar-refractivity contribution in [3.8, 4) is 0 Å². The molecule has 3 N–H and O–H groups in total. The molecule has 0 amide bonds. The van der Waals surface area contributed by atoms with Crippen LogP contribution in [0, 0.1) is 0 Å². The number of rotatable bonds is 3. The van der Waals surface area contributed by atoms with Crippen molar-refractivity contribution in [1.82, 2.24) is 4.98 Å². The van der Waals surface area contributed by atoms with E-state index in [1.807, 2.05) is 0 Å². The molecular weight excluding hydrogens is 152 g/mol. The molecule has 0 fully saturated rings. The van der Waals surface area contributed by atoms with Gasteiger partial charge in [0.2, 0.25) is 5.56 Å². The molecule has 12 heavy (non-hydrogen) atoms. The first-order chi connectivity index (χ1) is 5.74. The first-order valence-corrected chi connectivity index (χ1v) is 4.18. The van der Waals surface area contributed by atoms with E-state index in [0.717, 1.165) is 18.4 Å². The Bertz CT molecular complexity index is 272. The van der Waals surface area contributed by atoms with Crippen LogP contribution in [0.1, 0.15) is 31.4 Å². The number of H-pyrrole nitrogens is 1. The summed E-state index contributed by atoms with van der Waals surface area (Å²) in [4.78, 5) is 13.3. The third-order valence-electron chi connectivity index (χ3n) is 1.84. The standard InChI is InChI=1S/C9H14N2O/c1-2-3-8(10)7-4-5-9(12)11-6-7/h4-6,8H,2-3,10H2,1H3,(H,11,12)/t8-/m0/s1. The van der Waals surface area contributed by atoms with Gasteiger partial charge in [0.1, 0.15) is 0 Å². The van der Waals surface area contributed by atoms with E-state index >= 15 is 0 Å². The van der Waals surface area contributed by atoms with Gasteiger partial charge >= 0.3 is 0 Å².